The first-order valence-electron chi connectivity index (χ1n) is 6.00. The van der Waals surface area contributed by atoms with E-state index in [0.717, 1.165) is 18.5 Å². The smallest absolute Gasteiger partial charge is 0.254 e. The molecule has 0 aromatic carbocycles. The van der Waals surface area contributed by atoms with Gasteiger partial charge in [0.15, 0.2) is 0 Å². The zero-order valence-corrected chi connectivity index (χ0v) is 11.3. The van der Waals surface area contributed by atoms with E-state index in [1.165, 1.54) is 10.4 Å². The minimum Gasteiger partial charge on any atom is -0.348 e. The van der Waals surface area contributed by atoms with Crippen molar-refractivity contribution in [3.8, 4) is 0 Å². The van der Waals surface area contributed by atoms with Gasteiger partial charge >= 0.3 is 0 Å². The summed E-state index contributed by atoms with van der Waals surface area (Å²) in [4.78, 5) is 13.6. The van der Waals surface area contributed by atoms with E-state index in [-0.39, 0.29) is 11.9 Å². The number of aromatic nitrogens is 2. The van der Waals surface area contributed by atoms with Crippen LogP contribution in [0, 0.1) is 6.92 Å². The van der Waals surface area contributed by atoms with Crippen molar-refractivity contribution < 1.29 is 4.79 Å². The first-order chi connectivity index (χ1) is 8.63. The van der Waals surface area contributed by atoms with Crippen molar-refractivity contribution in [2.75, 3.05) is 0 Å². The van der Waals surface area contributed by atoms with Crippen LogP contribution in [0.15, 0.2) is 17.6 Å². The molecule has 1 aliphatic carbocycles. The summed E-state index contributed by atoms with van der Waals surface area (Å²) in [6, 6.07) is 2.39. The van der Waals surface area contributed by atoms with Crippen molar-refractivity contribution in [3.05, 3.63) is 39.3 Å². The molecule has 0 aliphatic heterocycles. The number of thiophene rings is 1. The van der Waals surface area contributed by atoms with E-state index in [2.05, 4.69) is 21.9 Å². The summed E-state index contributed by atoms with van der Waals surface area (Å²) < 4.78 is 1.68. The van der Waals surface area contributed by atoms with Gasteiger partial charge in [-0.3, -0.25) is 9.48 Å². The zero-order chi connectivity index (χ0) is 12.7. The van der Waals surface area contributed by atoms with E-state index >= 15 is 0 Å². The summed E-state index contributed by atoms with van der Waals surface area (Å²) in [6.07, 6.45) is 3.68. The SMILES string of the molecule is Cc1nn(C)cc1C(=O)NC1Cc2ccsc2C1. The van der Waals surface area contributed by atoms with Crippen molar-refractivity contribution in [2.45, 2.75) is 25.8 Å². The second-order valence-electron chi connectivity index (χ2n) is 4.75. The van der Waals surface area contributed by atoms with Crippen LogP contribution in [0.25, 0.3) is 0 Å². The summed E-state index contributed by atoms with van der Waals surface area (Å²) in [5.41, 5.74) is 2.84. The Kier molecular flexibility index (Phi) is 2.70. The lowest BCUT2D eigenvalue weighted by Crippen LogP contribution is -2.35. The molecule has 2 heterocycles. The highest BCUT2D eigenvalue weighted by atomic mass is 32.1. The van der Waals surface area contributed by atoms with Gasteiger partial charge in [0.25, 0.3) is 5.91 Å². The van der Waals surface area contributed by atoms with Gasteiger partial charge in [-0.15, -0.1) is 11.3 Å². The molecule has 5 heteroatoms. The molecule has 1 amide bonds. The number of carbonyl (C=O) groups is 1. The van der Waals surface area contributed by atoms with Gasteiger partial charge in [-0.1, -0.05) is 0 Å². The third kappa shape index (κ3) is 1.95. The molecule has 0 fully saturated rings. The van der Waals surface area contributed by atoms with Crippen molar-refractivity contribution in [3.63, 3.8) is 0 Å². The molecule has 3 rings (SSSR count). The summed E-state index contributed by atoms with van der Waals surface area (Å²) in [6.45, 7) is 1.86. The minimum atomic E-state index is -0.0132. The van der Waals surface area contributed by atoms with E-state index in [4.69, 9.17) is 0 Å². The van der Waals surface area contributed by atoms with Crippen LogP contribution in [0.5, 0.6) is 0 Å². The van der Waals surface area contributed by atoms with Gasteiger partial charge in [-0.2, -0.15) is 5.10 Å². The Balaban J connectivity index is 1.69. The lowest BCUT2D eigenvalue weighted by atomic mass is 10.2. The molecule has 0 spiro atoms. The number of aryl methyl sites for hydroxylation is 2. The van der Waals surface area contributed by atoms with Gasteiger partial charge in [0, 0.05) is 30.6 Å². The highest BCUT2D eigenvalue weighted by Crippen LogP contribution is 2.27. The van der Waals surface area contributed by atoms with Crippen molar-refractivity contribution in [1.82, 2.24) is 15.1 Å². The number of hydrogen-bond donors (Lipinski definition) is 1. The molecule has 2 aromatic heterocycles. The van der Waals surface area contributed by atoms with Crippen LogP contribution in [0.4, 0.5) is 0 Å². The number of amides is 1. The van der Waals surface area contributed by atoms with Gasteiger partial charge in [-0.25, -0.2) is 0 Å². The Bertz CT molecular complexity index is 579. The maximum absolute atomic E-state index is 12.1. The quantitative estimate of drug-likeness (QED) is 0.894. The zero-order valence-electron chi connectivity index (χ0n) is 10.4. The van der Waals surface area contributed by atoms with E-state index in [9.17, 15) is 4.79 Å². The standard InChI is InChI=1S/C13H15N3OS/c1-8-11(7-16(2)15-8)13(17)14-10-5-9-3-4-18-12(9)6-10/h3-4,7,10H,5-6H2,1-2H3,(H,14,17). The summed E-state index contributed by atoms with van der Waals surface area (Å²) >= 11 is 1.78. The lowest BCUT2D eigenvalue weighted by molar-refractivity contribution is 0.0938. The molecule has 1 unspecified atom stereocenters. The summed E-state index contributed by atoms with van der Waals surface area (Å²) in [7, 11) is 1.83. The molecule has 18 heavy (non-hydrogen) atoms. The van der Waals surface area contributed by atoms with Crippen LogP contribution >= 0.6 is 11.3 Å². The highest BCUT2D eigenvalue weighted by molar-refractivity contribution is 7.10. The molecular formula is C13H15N3OS. The van der Waals surface area contributed by atoms with Gasteiger partial charge in [0.1, 0.15) is 0 Å². The monoisotopic (exact) mass is 261 g/mol. The maximum atomic E-state index is 12.1. The van der Waals surface area contributed by atoms with Gasteiger partial charge in [0.2, 0.25) is 0 Å². The predicted molar refractivity (Wildman–Crippen MR) is 70.9 cm³/mol. The van der Waals surface area contributed by atoms with Crippen LogP contribution in [0.2, 0.25) is 0 Å². The number of nitrogens with zero attached hydrogens (tertiary/aromatic N) is 2. The van der Waals surface area contributed by atoms with Gasteiger partial charge in [0.05, 0.1) is 11.3 Å². The number of hydrogen-bond acceptors (Lipinski definition) is 3. The summed E-state index contributed by atoms with van der Waals surface area (Å²) in [5.74, 6) is -0.0132. The molecule has 4 nitrogen and oxygen atoms in total. The number of rotatable bonds is 2. The van der Waals surface area contributed by atoms with Crippen LogP contribution in [0.1, 0.15) is 26.5 Å². The fourth-order valence-electron chi connectivity index (χ4n) is 2.48. The average molecular weight is 261 g/mol. The van der Waals surface area contributed by atoms with E-state index in [1.807, 2.05) is 14.0 Å². The fraction of sp³-hybridized carbons (Fsp3) is 0.385. The molecule has 0 saturated carbocycles. The number of carbonyl (C=O) groups excluding carboxylic acids is 1. The second-order valence-corrected chi connectivity index (χ2v) is 5.75. The Morgan fingerprint density at radius 1 is 1.56 bits per heavy atom. The van der Waals surface area contributed by atoms with Crippen LogP contribution < -0.4 is 5.32 Å². The first kappa shape index (κ1) is 11.5. The molecular weight excluding hydrogens is 246 g/mol. The third-order valence-electron chi connectivity index (χ3n) is 3.33. The molecule has 0 saturated heterocycles. The molecule has 0 bridgehead atoms. The van der Waals surface area contributed by atoms with Crippen molar-refractivity contribution in [2.24, 2.45) is 7.05 Å². The normalized spacial score (nSPS) is 17.8. The molecule has 1 N–H and O–H groups in total. The Labute approximate surface area is 110 Å². The number of fused-ring (bicyclic) bond motifs is 1. The Morgan fingerprint density at radius 2 is 2.39 bits per heavy atom. The topological polar surface area (TPSA) is 46.9 Å². The van der Waals surface area contributed by atoms with Crippen LogP contribution in [-0.2, 0) is 19.9 Å². The lowest BCUT2D eigenvalue weighted by Gasteiger charge is -2.11. The van der Waals surface area contributed by atoms with Crippen molar-refractivity contribution >= 4 is 17.2 Å². The molecule has 0 radical (unpaired) electrons. The Morgan fingerprint density at radius 3 is 3.06 bits per heavy atom. The van der Waals surface area contributed by atoms with Crippen LogP contribution in [0.3, 0.4) is 0 Å². The molecule has 94 valence electrons. The molecule has 1 aliphatic rings. The van der Waals surface area contributed by atoms with Crippen LogP contribution in [-0.4, -0.2) is 21.7 Å². The highest BCUT2D eigenvalue weighted by Gasteiger charge is 2.25. The average Bonchev–Trinajstić information content (AvgIpc) is 2.92. The van der Waals surface area contributed by atoms with Gasteiger partial charge in [-0.05, 0) is 30.4 Å². The molecule has 2 aromatic rings. The summed E-state index contributed by atoms with van der Waals surface area (Å²) in [5, 5.41) is 9.41. The second kappa shape index (κ2) is 4.24. The fourth-order valence-corrected chi connectivity index (χ4v) is 3.47. The maximum Gasteiger partial charge on any atom is 0.254 e. The van der Waals surface area contributed by atoms with E-state index in [1.54, 1.807) is 22.2 Å². The minimum absolute atomic E-state index is 0.0132. The van der Waals surface area contributed by atoms with E-state index in [0.29, 0.717) is 5.56 Å². The van der Waals surface area contributed by atoms with Gasteiger partial charge < -0.3 is 5.32 Å². The number of nitrogens with one attached hydrogen (secondary N) is 1. The van der Waals surface area contributed by atoms with Crippen molar-refractivity contribution in [1.29, 1.82) is 0 Å². The predicted octanol–water partition coefficient (Wildman–Crippen LogP) is 1.69. The third-order valence-corrected chi connectivity index (χ3v) is 4.31. The largest absolute Gasteiger partial charge is 0.348 e. The molecule has 1 atom stereocenters. The Hall–Kier alpha value is -1.62. The van der Waals surface area contributed by atoms with E-state index < -0.39 is 0 Å². The first-order valence-corrected chi connectivity index (χ1v) is 6.88.